The zero-order valence-electron chi connectivity index (χ0n) is 29.5. The number of ketones is 2. The summed E-state index contributed by atoms with van der Waals surface area (Å²) in [7, 11) is 0. The van der Waals surface area contributed by atoms with Crippen LogP contribution in [0.15, 0.2) is 43.0 Å². The van der Waals surface area contributed by atoms with E-state index in [2.05, 4.69) is 27.8 Å². The third-order valence-corrected chi connectivity index (χ3v) is 7.53. The average molecular weight is 674 g/mol. The highest BCUT2D eigenvalue weighted by Crippen LogP contribution is 2.27. The number of hydrogen-bond donors (Lipinski definition) is 4. The van der Waals surface area contributed by atoms with Gasteiger partial charge in [-0.1, -0.05) is 91.3 Å². The summed E-state index contributed by atoms with van der Waals surface area (Å²) in [5, 5.41) is 10.7. The van der Waals surface area contributed by atoms with E-state index < -0.39 is 64.5 Å². The molecule has 12 heteroatoms. The molecule has 1 aromatic rings. The lowest BCUT2D eigenvalue weighted by Gasteiger charge is -2.37. The largest absolute Gasteiger partial charge is 0.346 e. The maximum Gasteiger partial charge on any atom is 0.316 e. The van der Waals surface area contributed by atoms with E-state index in [4.69, 9.17) is 0 Å². The minimum atomic E-state index is -1.03. The van der Waals surface area contributed by atoms with E-state index in [9.17, 15) is 28.8 Å². The molecule has 1 aromatic carbocycles. The zero-order valence-corrected chi connectivity index (χ0v) is 30.3. The van der Waals surface area contributed by atoms with Gasteiger partial charge in [-0.15, -0.1) is 6.58 Å². The Bertz CT molecular complexity index is 1240. The molecular weight excluding hydrogens is 618 g/mol. The zero-order chi connectivity index (χ0) is 35.9. The maximum atomic E-state index is 13.9. The van der Waals surface area contributed by atoms with Gasteiger partial charge in [0, 0.05) is 18.7 Å². The Labute approximate surface area is 284 Å². The Morgan fingerprint density at radius 2 is 1.49 bits per heavy atom. The minimum Gasteiger partial charge on any atom is -0.346 e. The van der Waals surface area contributed by atoms with Crippen molar-refractivity contribution in [3.63, 3.8) is 0 Å². The van der Waals surface area contributed by atoms with Gasteiger partial charge in [0.05, 0.1) is 12.1 Å². The lowest BCUT2D eigenvalue weighted by molar-refractivity contribution is -0.143. The van der Waals surface area contributed by atoms with Gasteiger partial charge in [-0.2, -0.15) is 11.8 Å². The molecule has 0 bridgehead atoms. The first-order chi connectivity index (χ1) is 21.9. The second kappa shape index (κ2) is 19.2. The molecule has 0 spiro atoms. The van der Waals surface area contributed by atoms with Crippen LogP contribution < -0.4 is 21.3 Å². The van der Waals surface area contributed by atoms with Crippen molar-refractivity contribution in [3.8, 4) is 0 Å². The maximum absolute atomic E-state index is 13.9. The number of benzene rings is 1. The van der Waals surface area contributed by atoms with Crippen molar-refractivity contribution < 1.29 is 28.8 Å². The van der Waals surface area contributed by atoms with Crippen LogP contribution in [0.5, 0.6) is 0 Å². The monoisotopic (exact) mass is 673 g/mol. The van der Waals surface area contributed by atoms with E-state index in [1.807, 2.05) is 40.2 Å². The van der Waals surface area contributed by atoms with E-state index in [1.165, 1.54) is 11.0 Å². The third kappa shape index (κ3) is 12.8. The van der Waals surface area contributed by atoms with E-state index in [1.54, 1.807) is 62.9 Å². The molecule has 1 fully saturated rings. The first kappa shape index (κ1) is 41.4. The number of carbonyl (C=O) groups excluding carboxylic acids is 6. The second-order valence-corrected chi connectivity index (χ2v) is 14.6. The van der Waals surface area contributed by atoms with Crippen LogP contribution in [-0.4, -0.2) is 90.0 Å². The fourth-order valence-corrected chi connectivity index (χ4v) is 5.10. The van der Waals surface area contributed by atoms with Crippen LogP contribution in [0.4, 0.5) is 4.79 Å². The van der Waals surface area contributed by atoms with Crippen molar-refractivity contribution >= 4 is 47.1 Å². The van der Waals surface area contributed by atoms with Crippen molar-refractivity contribution in [2.24, 2.45) is 10.8 Å². The lowest BCUT2D eigenvalue weighted by Crippen LogP contribution is -2.61. The summed E-state index contributed by atoms with van der Waals surface area (Å²) >= 11 is 1.75. The number of nitrogens with one attached hydrogen (secondary N) is 4. The quantitative estimate of drug-likeness (QED) is 0.140. The van der Waals surface area contributed by atoms with Crippen LogP contribution in [0.2, 0.25) is 0 Å². The summed E-state index contributed by atoms with van der Waals surface area (Å²) in [4.78, 5) is 80.5. The van der Waals surface area contributed by atoms with Gasteiger partial charge < -0.3 is 26.2 Å². The Morgan fingerprint density at radius 1 is 0.936 bits per heavy atom. The molecule has 0 aliphatic carbocycles. The van der Waals surface area contributed by atoms with Crippen molar-refractivity contribution in [1.29, 1.82) is 0 Å². The highest BCUT2D eigenvalue weighted by Gasteiger charge is 2.43. The van der Waals surface area contributed by atoms with Crippen molar-refractivity contribution in [3.05, 3.63) is 48.6 Å². The highest BCUT2D eigenvalue weighted by molar-refractivity contribution is 7.97. The summed E-state index contributed by atoms with van der Waals surface area (Å²) in [6, 6.07) is 4.20. The number of amides is 5. The number of rotatable bonds is 13. The smallest absolute Gasteiger partial charge is 0.316 e. The molecule has 5 amide bonds. The predicted molar refractivity (Wildman–Crippen MR) is 188 cm³/mol. The van der Waals surface area contributed by atoms with Gasteiger partial charge in [0.1, 0.15) is 12.1 Å². The van der Waals surface area contributed by atoms with Gasteiger partial charge in [-0.25, -0.2) is 4.79 Å². The molecule has 0 radical (unpaired) electrons. The van der Waals surface area contributed by atoms with E-state index in [0.717, 1.165) is 0 Å². The summed E-state index contributed by atoms with van der Waals surface area (Å²) in [6.07, 6.45) is 7.26. The standard InChI is InChI=1S/C33H49N5O6.C2H6S/c1-9-15-22(25(40)29(42)34-19-10-2)35-28(41)23-18-14-20-38(23)30(43)27(33(6,7)8)37-31(44)36-26(32(3,4)5)24(39)21-16-12-11-13-17-21;1-3-2/h10-13,16-17,22-23,26-27H,2,9,14-15,18-20H2,1,3-8H3,(H,34,42)(H,35,41)(H2,36,37,44);1-2H3. The average Bonchev–Trinajstić information content (AvgIpc) is 3.50. The Hall–Kier alpha value is -3.67. The normalized spacial score (nSPS) is 16.4. The summed E-state index contributed by atoms with van der Waals surface area (Å²) in [5.74, 6) is -2.81. The summed E-state index contributed by atoms with van der Waals surface area (Å²) < 4.78 is 0. The number of urea groups is 1. The second-order valence-electron chi connectivity index (χ2n) is 13.8. The number of hydrogen-bond acceptors (Lipinski definition) is 7. The summed E-state index contributed by atoms with van der Waals surface area (Å²) in [6.45, 7) is 16.7. The van der Waals surface area contributed by atoms with Gasteiger partial charge >= 0.3 is 6.03 Å². The molecule has 2 rings (SSSR count). The summed E-state index contributed by atoms with van der Waals surface area (Å²) in [5.41, 5.74) is -0.915. The number of likely N-dealkylation sites (tertiary alicyclic amines) is 1. The SMILES string of the molecule is C=CCNC(=O)C(=O)C(CCC)NC(=O)C1CCCN1C(=O)C(NC(=O)NC(C(=O)c1ccccc1)C(C)(C)C)C(C)(C)C.CSC. The molecule has 11 nitrogen and oxygen atoms in total. The van der Waals surface area contributed by atoms with Crippen molar-refractivity contribution in [2.75, 3.05) is 25.6 Å². The first-order valence-corrected chi connectivity index (χ1v) is 17.7. The molecule has 0 aromatic heterocycles. The predicted octanol–water partition coefficient (Wildman–Crippen LogP) is 4.12. The number of carbonyl (C=O) groups is 6. The molecule has 1 saturated heterocycles. The molecule has 1 heterocycles. The highest BCUT2D eigenvalue weighted by atomic mass is 32.2. The molecule has 262 valence electrons. The molecule has 1 aliphatic heterocycles. The van der Waals surface area contributed by atoms with Gasteiger partial charge in [-0.05, 0) is 42.6 Å². The molecular formula is C35H55N5O6S. The van der Waals surface area contributed by atoms with Crippen LogP contribution in [0.1, 0.15) is 84.5 Å². The van der Waals surface area contributed by atoms with E-state index in [0.29, 0.717) is 24.8 Å². The molecule has 0 saturated carbocycles. The molecule has 1 aliphatic rings. The van der Waals surface area contributed by atoms with E-state index in [-0.39, 0.29) is 25.3 Å². The minimum absolute atomic E-state index is 0.119. The van der Waals surface area contributed by atoms with Gasteiger partial charge in [0.15, 0.2) is 5.78 Å². The Balaban J connectivity index is 0.00000354. The van der Waals surface area contributed by atoms with Crippen LogP contribution in [0.25, 0.3) is 0 Å². The van der Waals surface area contributed by atoms with Crippen molar-refractivity contribution in [1.82, 2.24) is 26.2 Å². The Kier molecular flexibility index (Phi) is 16.9. The molecule has 4 atom stereocenters. The van der Waals surface area contributed by atoms with Gasteiger partial charge in [0.2, 0.25) is 17.6 Å². The number of Topliss-reactive ketones (excluding diaryl/α,β-unsaturated/α-hetero) is 2. The molecule has 47 heavy (non-hydrogen) atoms. The van der Waals surface area contributed by atoms with E-state index >= 15 is 0 Å². The van der Waals surface area contributed by atoms with Crippen LogP contribution in [0, 0.1) is 10.8 Å². The van der Waals surface area contributed by atoms with Crippen molar-refractivity contribution in [2.45, 2.75) is 98.3 Å². The molecule has 4 N–H and O–H groups in total. The fourth-order valence-electron chi connectivity index (χ4n) is 5.10. The molecule has 4 unspecified atom stereocenters. The van der Waals surface area contributed by atoms with Gasteiger partial charge in [-0.3, -0.25) is 24.0 Å². The lowest BCUT2D eigenvalue weighted by atomic mass is 9.82. The van der Waals surface area contributed by atoms with Crippen LogP contribution in [-0.2, 0) is 19.2 Å². The fraction of sp³-hybridized carbons (Fsp3) is 0.600. The van der Waals surface area contributed by atoms with Crippen LogP contribution >= 0.6 is 11.8 Å². The third-order valence-electron chi connectivity index (χ3n) is 7.53. The van der Waals surface area contributed by atoms with Gasteiger partial charge in [0.25, 0.3) is 5.91 Å². The Morgan fingerprint density at radius 3 is 2.00 bits per heavy atom. The number of thioether (sulfide) groups is 1. The first-order valence-electron chi connectivity index (χ1n) is 16.0. The number of nitrogens with zero attached hydrogens (tertiary/aromatic N) is 1. The topological polar surface area (TPSA) is 154 Å². The van der Waals surface area contributed by atoms with Crippen LogP contribution in [0.3, 0.4) is 0 Å².